The molecular formula is C8H10N4. The van der Waals surface area contributed by atoms with Gasteiger partial charge in [0.25, 0.3) is 0 Å². The van der Waals surface area contributed by atoms with E-state index in [1.165, 1.54) is 0 Å². The predicted molar refractivity (Wildman–Crippen MR) is 46.4 cm³/mol. The highest BCUT2D eigenvalue weighted by Crippen LogP contribution is 2.09. The molecule has 0 saturated carbocycles. The van der Waals surface area contributed by atoms with Crippen molar-refractivity contribution in [3.05, 3.63) is 24.0 Å². The number of fused-ring (bicyclic) bond motifs is 1. The first kappa shape index (κ1) is 7.24. The van der Waals surface area contributed by atoms with Crippen molar-refractivity contribution in [1.82, 2.24) is 14.8 Å². The number of nitrogens with two attached hydrogens (primary N) is 1. The first-order chi connectivity index (χ1) is 5.79. The lowest BCUT2D eigenvalue weighted by molar-refractivity contribution is 0.776. The van der Waals surface area contributed by atoms with Crippen LogP contribution in [0.25, 0.3) is 11.0 Å². The average molecular weight is 162 g/mol. The van der Waals surface area contributed by atoms with Crippen LogP contribution in [-0.4, -0.2) is 14.8 Å². The predicted octanol–water partition coefficient (Wildman–Crippen LogP) is 0.427. The summed E-state index contributed by atoms with van der Waals surface area (Å²) in [5.74, 6) is 0. The molecule has 2 N–H and O–H groups in total. The summed E-state index contributed by atoms with van der Waals surface area (Å²) in [7, 11) is 1.88. The van der Waals surface area contributed by atoms with E-state index in [0.717, 1.165) is 16.6 Å². The van der Waals surface area contributed by atoms with E-state index in [0.29, 0.717) is 6.54 Å². The van der Waals surface area contributed by atoms with Gasteiger partial charge in [0.1, 0.15) is 0 Å². The quantitative estimate of drug-likeness (QED) is 0.661. The van der Waals surface area contributed by atoms with E-state index in [4.69, 9.17) is 5.73 Å². The van der Waals surface area contributed by atoms with Gasteiger partial charge in [-0.3, -0.25) is 4.68 Å². The molecule has 0 aromatic carbocycles. The van der Waals surface area contributed by atoms with E-state index in [2.05, 4.69) is 10.1 Å². The molecule has 62 valence electrons. The van der Waals surface area contributed by atoms with Gasteiger partial charge in [-0.1, -0.05) is 0 Å². The smallest absolute Gasteiger partial charge is 0.181 e. The van der Waals surface area contributed by atoms with Crippen LogP contribution in [0.5, 0.6) is 0 Å². The van der Waals surface area contributed by atoms with E-state index in [1.54, 1.807) is 10.9 Å². The lowest BCUT2D eigenvalue weighted by Crippen LogP contribution is -1.96. The summed E-state index contributed by atoms with van der Waals surface area (Å²) in [4.78, 5) is 4.16. The zero-order valence-corrected chi connectivity index (χ0v) is 6.86. The van der Waals surface area contributed by atoms with Gasteiger partial charge in [0.2, 0.25) is 0 Å². The van der Waals surface area contributed by atoms with Crippen molar-refractivity contribution in [3.8, 4) is 0 Å². The highest BCUT2D eigenvalue weighted by atomic mass is 15.3. The van der Waals surface area contributed by atoms with Crippen molar-refractivity contribution >= 4 is 11.0 Å². The number of nitrogens with zero attached hydrogens (tertiary/aromatic N) is 3. The van der Waals surface area contributed by atoms with Crippen LogP contribution in [0.1, 0.15) is 5.56 Å². The van der Waals surface area contributed by atoms with Crippen molar-refractivity contribution in [3.63, 3.8) is 0 Å². The summed E-state index contributed by atoms with van der Waals surface area (Å²) < 4.78 is 1.75. The molecule has 0 fully saturated rings. The first-order valence-corrected chi connectivity index (χ1v) is 3.78. The van der Waals surface area contributed by atoms with Crippen LogP contribution in [0.15, 0.2) is 18.5 Å². The maximum atomic E-state index is 5.48. The fourth-order valence-electron chi connectivity index (χ4n) is 1.19. The molecule has 2 heterocycles. The minimum Gasteiger partial charge on any atom is -0.326 e. The Bertz CT molecular complexity index is 404. The standard InChI is InChI=1S/C8H10N4/c1-12-5-7-2-6(3-9)4-10-8(7)11-12/h2,4-5H,3,9H2,1H3. The summed E-state index contributed by atoms with van der Waals surface area (Å²) in [6.07, 6.45) is 3.69. The van der Waals surface area contributed by atoms with Crippen LogP contribution < -0.4 is 5.73 Å². The van der Waals surface area contributed by atoms with Gasteiger partial charge in [-0.05, 0) is 11.6 Å². The summed E-state index contributed by atoms with van der Waals surface area (Å²) in [5.41, 5.74) is 7.29. The Balaban J connectivity index is 2.66. The van der Waals surface area contributed by atoms with Gasteiger partial charge >= 0.3 is 0 Å². The maximum absolute atomic E-state index is 5.48. The molecule has 2 aromatic heterocycles. The number of aromatic nitrogens is 3. The second-order valence-electron chi connectivity index (χ2n) is 2.76. The lowest BCUT2D eigenvalue weighted by atomic mass is 10.2. The molecule has 0 atom stereocenters. The van der Waals surface area contributed by atoms with Crippen LogP contribution in [0, 0.1) is 0 Å². The van der Waals surface area contributed by atoms with Gasteiger partial charge in [0.15, 0.2) is 5.65 Å². The molecule has 0 aliphatic heterocycles. The molecule has 0 radical (unpaired) electrons. The van der Waals surface area contributed by atoms with Gasteiger partial charge in [-0.25, -0.2) is 4.98 Å². The van der Waals surface area contributed by atoms with E-state index in [1.807, 2.05) is 19.3 Å². The Morgan fingerprint density at radius 3 is 3.17 bits per heavy atom. The third kappa shape index (κ3) is 1.06. The molecule has 2 rings (SSSR count). The molecule has 2 aromatic rings. The van der Waals surface area contributed by atoms with Crippen molar-refractivity contribution in [2.45, 2.75) is 6.54 Å². The molecule has 0 spiro atoms. The topological polar surface area (TPSA) is 56.7 Å². The molecular weight excluding hydrogens is 152 g/mol. The molecule has 0 unspecified atom stereocenters. The zero-order valence-electron chi connectivity index (χ0n) is 6.86. The summed E-state index contributed by atoms with van der Waals surface area (Å²) in [5, 5.41) is 5.20. The highest BCUT2D eigenvalue weighted by Gasteiger charge is 1.99. The summed E-state index contributed by atoms with van der Waals surface area (Å²) in [6, 6.07) is 2.01. The number of aryl methyl sites for hydroxylation is 1. The monoisotopic (exact) mass is 162 g/mol. The number of hydrogen-bond donors (Lipinski definition) is 1. The Labute approximate surface area is 70.0 Å². The summed E-state index contributed by atoms with van der Waals surface area (Å²) >= 11 is 0. The lowest BCUT2D eigenvalue weighted by Gasteiger charge is -1.92. The largest absolute Gasteiger partial charge is 0.326 e. The van der Waals surface area contributed by atoms with E-state index in [-0.39, 0.29) is 0 Å². The van der Waals surface area contributed by atoms with Gasteiger partial charge in [0.05, 0.1) is 0 Å². The SMILES string of the molecule is Cn1cc2cc(CN)cnc2n1. The molecule has 4 heteroatoms. The molecule has 0 saturated heterocycles. The molecule has 0 aliphatic carbocycles. The second-order valence-corrected chi connectivity index (χ2v) is 2.76. The molecule has 0 bridgehead atoms. The van der Waals surface area contributed by atoms with Crippen LogP contribution in [0.3, 0.4) is 0 Å². The Morgan fingerprint density at radius 2 is 2.42 bits per heavy atom. The van der Waals surface area contributed by atoms with Gasteiger partial charge in [-0.15, -0.1) is 0 Å². The fraction of sp³-hybridized carbons (Fsp3) is 0.250. The first-order valence-electron chi connectivity index (χ1n) is 3.78. The third-order valence-electron chi connectivity index (χ3n) is 1.77. The molecule has 12 heavy (non-hydrogen) atoms. The normalized spacial score (nSPS) is 10.8. The van der Waals surface area contributed by atoms with Gasteiger partial charge in [-0.2, -0.15) is 5.10 Å². The number of hydrogen-bond acceptors (Lipinski definition) is 3. The number of rotatable bonds is 1. The van der Waals surface area contributed by atoms with Gasteiger partial charge in [0, 0.05) is 31.4 Å². The van der Waals surface area contributed by atoms with E-state index >= 15 is 0 Å². The second kappa shape index (κ2) is 2.57. The fourth-order valence-corrected chi connectivity index (χ4v) is 1.19. The highest BCUT2D eigenvalue weighted by molar-refractivity contribution is 5.74. The number of pyridine rings is 1. The Hall–Kier alpha value is -1.42. The molecule has 4 nitrogen and oxygen atoms in total. The van der Waals surface area contributed by atoms with Crippen LogP contribution in [-0.2, 0) is 13.6 Å². The van der Waals surface area contributed by atoms with Crippen molar-refractivity contribution in [2.75, 3.05) is 0 Å². The van der Waals surface area contributed by atoms with Crippen molar-refractivity contribution in [1.29, 1.82) is 0 Å². The summed E-state index contributed by atoms with van der Waals surface area (Å²) in [6.45, 7) is 0.526. The minimum absolute atomic E-state index is 0.526. The van der Waals surface area contributed by atoms with Crippen LogP contribution in [0.2, 0.25) is 0 Å². The van der Waals surface area contributed by atoms with Gasteiger partial charge < -0.3 is 5.73 Å². The van der Waals surface area contributed by atoms with Crippen molar-refractivity contribution < 1.29 is 0 Å². The minimum atomic E-state index is 0.526. The average Bonchev–Trinajstić information content (AvgIpc) is 2.43. The maximum Gasteiger partial charge on any atom is 0.181 e. The van der Waals surface area contributed by atoms with E-state index in [9.17, 15) is 0 Å². The third-order valence-corrected chi connectivity index (χ3v) is 1.77. The van der Waals surface area contributed by atoms with Crippen LogP contribution >= 0.6 is 0 Å². The Morgan fingerprint density at radius 1 is 1.58 bits per heavy atom. The van der Waals surface area contributed by atoms with E-state index < -0.39 is 0 Å². The van der Waals surface area contributed by atoms with Crippen LogP contribution in [0.4, 0.5) is 0 Å². The molecule has 0 aliphatic rings. The Kier molecular flexibility index (Phi) is 1.55. The zero-order chi connectivity index (χ0) is 8.55. The molecule has 0 amide bonds. The van der Waals surface area contributed by atoms with Crippen molar-refractivity contribution in [2.24, 2.45) is 12.8 Å².